The lowest BCUT2D eigenvalue weighted by Gasteiger charge is -1.98. The molecule has 0 unspecified atom stereocenters. The lowest BCUT2D eigenvalue weighted by molar-refractivity contribution is -0.114. The van der Waals surface area contributed by atoms with E-state index >= 15 is 0 Å². The van der Waals surface area contributed by atoms with Crippen LogP contribution in [0.2, 0.25) is 0 Å². The van der Waals surface area contributed by atoms with E-state index in [1.54, 1.807) is 18.2 Å². The maximum absolute atomic E-state index is 11.2. The molecule has 214 valence electrons. The normalized spacial score (nSPS) is 15.0. The van der Waals surface area contributed by atoms with Gasteiger partial charge >= 0.3 is 11.9 Å². The molecule has 0 amide bonds. The summed E-state index contributed by atoms with van der Waals surface area (Å²) in [6, 6.07) is 15.3. The number of thiocarbonyl (C=S) groups is 1. The number of nitrogens with zero attached hydrogens (tertiary/aromatic N) is 2. The van der Waals surface area contributed by atoms with Crippen LogP contribution in [0.5, 0.6) is 0 Å². The number of rotatable bonds is 2. The molecule has 42 heavy (non-hydrogen) atoms. The second kappa shape index (κ2) is 14.5. The first-order chi connectivity index (χ1) is 20.3. The molecule has 9 nitrogen and oxygen atoms in total. The van der Waals surface area contributed by atoms with Gasteiger partial charge < -0.3 is 19.6 Å². The van der Waals surface area contributed by atoms with Crippen molar-refractivity contribution >= 4 is 64.3 Å². The largest absolute Gasteiger partial charge is 0.457 e. The summed E-state index contributed by atoms with van der Waals surface area (Å²) >= 11 is 7.61. The Balaban J connectivity index is 0.000000142. The zero-order valence-electron chi connectivity index (χ0n) is 22.6. The minimum atomic E-state index is -0.227. The minimum absolute atomic E-state index is 0.0995. The highest BCUT2D eigenvalue weighted by Crippen LogP contribution is 2.27. The van der Waals surface area contributed by atoms with Gasteiger partial charge in [-0.15, -0.1) is 0 Å². The number of hydrogen-bond acceptors (Lipinski definition) is 11. The van der Waals surface area contributed by atoms with E-state index in [2.05, 4.69) is 14.1 Å². The summed E-state index contributed by atoms with van der Waals surface area (Å²) in [4.78, 5) is 42.7. The smallest absolute Gasteiger partial charge is 0.338 e. The number of fused-ring (bicyclic) bond motifs is 2. The molecule has 12 heteroatoms. The average molecular weight is 620 g/mol. The Kier molecular flexibility index (Phi) is 10.5. The molecule has 0 atom stereocenters. The van der Waals surface area contributed by atoms with Gasteiger partial charge in [0.05, 0.1) is 39.6 Å². The molecule has 1 N–H and O–H groups in total. The average Bonchev–Trinajstić information content (AvgIpc) is 3.83. The predicted molar refractivity (Wildman–Crippen MR) is 164 cm³/mol. The second-order valence-electron chi connectivity index (χ2n) is 8.75. The molecule has 0 radical (unpaired) electrons. The number of esters is 2. The number of allylic oxidation sites excluding steroid dienone is 2. The molecule has 4 aromatic rings. The van der Waals surface area contributed by atoms with E-state index in [1.165, 1.54) is 30.0 Å². The van der Waals surface area contributed by atoms with Gasteiger partial charge in [0.1, 0.15) is 19.5 Å². The maximum Gasteiger partial charge on any atom is 0.338 e. The van der Waals surface area contributed by atoms with Gasteiger partial charge in [0, 0.05) is 33.0 Å². The predicted octanol–water partition coefficient (Wildman–Crippen LogP) is 5.95. The summed E-state index contributed by atoms with van der Waals surface area (Å²) in [5.41, 5.74) is 7.85. The molecule has 0 bridgehead atoms. The third kappa shape index (κ3) is 7.46. The summed E-state index contributed by atoms with van der Waals surface area (Å²) in [7, 11) is 0. The number of ether oxygens (including phenoxy) is 2. The minimum Gasteiger partial charge on any atom is -0.457 e. The number of hydrogen-bond donors (Lipinski definition) is 1. The van der Waals surface area contributed by atoms with E-state index in [9.17, 15) is 14.4 Å². The quantitative estimate of drug-likeness (QED) is 0.125. The SMILES string of the molecule is C/C=C1\NC(=S)CC1=O.CC=O.O=C1OCc2cc(-c3ccsn3)ccc21.O=C1OCc2cc(-c3ccsn3)ccc21. The van der Waals surface area contributed by atoms with E-state index in [0.29, 0.717) is 41.4 Å². The Morgan fingerprint density at radius 1 is 0.810 bits per heavy atom. The summed E-state index contributed by atoms with van der Waals surface area (Å²) in [6.07, 6.45) is 2.87. The molecule has 1 fully saturated rings. The first-order valence-electron chi connectivity index (χ1n) is 12.6. The van der Waals surface area contributed by atoms with Crippen LogP contribution >= 0.6 is 35.3 Å². The number of ketones is 1. The lowest BCUT2D eigenvalue weighted by atomic mass is 10.0. The Morgan fingerprint density at radius 3 is 1.62 bits per heavy atom. The maximum atomic E-state index is 11.2. The first kappa shape index (κ1) is 30.6. The fraction of sp³-hybridized carbons (Fsp3) is 0.167. The van der Waals surface area contributed by atoms with Gasteiger partial charge in [0.25, 0.3) is 0 Å². The van der Waals surface area contributed by atoms with Crippen LogP contribution in [0.15, 0.2) is 71.1 Å². The highest BCUT2D eigenvalue weighted by Gasteiger charge is 2.22. The van der Waals surface area contributed by atoms with Crippen molar-refractivity contribution in [1.29, 1.82) is 0 Å². The summed E-state index contributed by atoms with van der Waals surface area (Å²) in [6.45, 7) is 4.02. The molecule has 0 saturated carbocycles. The molecule has 2 aromatic carbocycles. The molecular formula is C30H25N3O6S3. The van der Waals surface area contributed by atoms with Crippen molar-refractivity contribution in [3.05, 3.63) is 93.3 Å². The summed E-state index contributed by atoms with van der Waals surface area (Å²) in [5.74, 6) is -0.354. The van der Waals surface area contributed by atoms with Crippen LogP contribution in [-0.4, -0.2) is 37.7 Å². The lowest BCUT2D eigenvalue weighted by Crippen LogP contribution is -2.10. The van der Waals surface area contributed by atoms with E-state index in [0.717, 1.165) is 39.9 Å². The number of cyclic esters (lactones) is 2. The second-order valence-corrected chi connectivity index (χ2v) is 10.6. The first-order valence-corrected chi connectivity index (χ1v) is 14.7. The molecule has 2 aromatic heterocycles. The van der Waals surface area contributed by atoms with Crippen molar-refractivity contribution in [2.75, 3.05) is 0 Å². The molecule has 5 heterocycles. The van der Waals surface area contributed by atoms with Gasteiger partial charge in [-0.05, 0) is 73.3 Å². The van der Waals surface area contributed by atoms with Crippen LogP contribution in [0.3, 0.4) is 0 Å². The standard InChI is InChI=1S/2C11H7NO2S.C6H7NOS.C2H4O/c2*13-11-9-2-1-7(5-8(9)6-14-11)10-3-4-15-12-10;1-2-4-5(8)3-6(9)7-4;1-2-3/h2*1-5H,6H2;2H,3H2,1H3,(H,7,9);2H,1H3/b;;4-2-;. The van der Waals surface area contributed by atoms with Crippen LogP contribution in [-0.2, 0) is 32.3 Å². The third-order valence-corrected chi connectivity index (χ3v) is 7.39. The molecule has 0 aliphatic carbocycles. The molecular weight excluding hydrogens is 595 g/mol. The van der Waals surface area contributed by atoms with Crippen LogP contribution in [0.1, 0.15) is 52.1 Å². The van der Waals surface area contributed by atoms with Crippen LogP contribution < -0.4 is 5.32 Å². The zero-order chi connectivity index (χ0) is 30.1. The van der Waals surface area contributed by atoms with E-state index in [4.69, 9.17) is 26.5 Å². The van der Waals surface area contributed by atoms with Crippen LogP contribution in [0.4, 0.5) is 0 Å². The molecule has 7 rings (SSSR count). The number of aromatic nitrogens is 2. The Labute approximate surface area is 255 Å². The Morgan fingerprint density at radius 2 is 1.29 bits per heavy atom. The van der Waals surface area contributed by atoms with Crippen molar-refractivity contribution in [2.24, 2.45) is 0 Å². The molecule has 3 aliphatic heterocycles. The number of aldehydes is 1. The van der Waals surface area contributed by atoms with Gasteiger partial charge in [-0.2, -0.15) is 8.75 Å². The Hall–Kier alpha value is -4.39. The summed E-state index contributed by atoms with van der Waals surface area (Å²) in [5, 5.41) is 6.67. The Bertz CT molecular complexity index is 1550. The summed E-state index contributed by atoms with van der Waals surface area (Å²) < 4.78 is 18.4. The van der Waals surface area contributed by atoms with Crippen LogP contribution in [0.25, 0.3) is 22.5 Å². The molecule has 3 aliphatic rings. The fourth-order valence-corrected chi connectivity index (χ4v) is 5.35. The topological polar surface area (TPSA) is 125 Å². The highest BCUT2D eigenvalue weighted by molar-refractivity contribution is 7.80. The van der Waals surface area contributed by atoms with Crippen molar-refractivity contribution in [3.8, 4) is 22.5 Å². The van der Waals surface area contributed by atoms with Crippen molar-refractivity contribution < 1.29 is 28.7 Å². The fourth-order valence-electron chi connectivity index (χ4n) is 4.05. The number of carbonyl (C=O) groups excluding carboxylic acids is 4. The zero-order valence-corrected chi connectivity index (χ0v) is 25.1. The van der Waals surface area contributed by atoms with Gasteiger partial charge in [0.15, 0.2) is 5.78 Å². The van der Waals surface area contributed by atoms with E-state index in [1.807, 2.05) is 54.1 Å². The number of nitrogens with one attached hydrogen (secondary N) is 1. The number of carbonyl (C=O) groups is 4. The van der Waals surface area contributed by atoms with Gasteiger partial charge in [0.2, 0.25) is 0 Å². The van der Waals surface area contributed by atoms with Crippen LogP contribution in [0, 0.1) is 0 Å². The van der Waals surface area contributed by atoms with Gasteiger partial charge in [-0.1, -0.05) is 30.4 Å². The third-order valence-electron chi connectivity index (χ3n) is 6.02. The molecule has 1 saturated heterocycles. The van der Waals surface area contributed by atoms with Crippen molar-refractivity contribution in [3.63, 3.8) is 0 Å². The number of Topliss-reactive ketones (excluding diaryl/α,β-unsaturated/α-hetero) is 1. The highest BCUT2D eigenvalue weighted by atomic mass is 32.1. The van der Waals surface area contributed by atoms with E-state index in [-0.39, 0.29) is 17.7 Å². The van der Waals surface area contributed by atoms with Crippen molar-refractivity contribution in [2.45, 2.75) is 33.5 Å². The monoisotopic (exact) mass is 619 g/mol. The van der Waals surface area contributed by atoms with Gasteiger partial charge in [-0.25, -0.2) is 9.59 Å². The molecule has 0 spiro atoms. The van der Waals surface area contributed by atoms with E-state index < -0.39 is 0 Å². The number of benzene rings is 2. The van der Waals surface area contributed by atoms with Gasteiger partial charge in [-0.3, -0.25) is 4.79 Å². The van der Waals surface area contributed by atoms with Crippen molar-refractivity contribution in [1.82, 2.24) is 14.1 Å².